The fourth-order valence-corrected chi connectivity index (χ4v) is 0. The Hall–Kier alpha value is 1.77. The van der Waals surface area contributed by atoms with Gasteiger partial charge < -0.3 is 12.0 Å². The summed E-state index contributed by atoms with van der Waals surface area (Å²) in [5, 5.41) is 7.46. The summed E-state index contributed by atoms with van der Waals surface area (Å²) in [7, 11) is 0. The van der Waals surface area contributed by atoms with Gasteiger partial charge in [0.2, 0.25) is 0 Å². The molecule has 0 heterocycles. The van der Waals surface area contributed by atoms with Crippen molar-refractivity contribution in [2.75, 3.05) is 6.61 Å². The molecule has 1 nitrogen and oxygen atoms in total. The SMILES string of the molecule is [CH2-]CO.[Rb+]. The molecule has 0 amide bonds. The molecule has 0 spiro atoms. The number of hydrogen-bond donors (Lipinski definition) is 1. The van der Waals surface area contributed by atoms with Crippen molar-refractivity contribution in [2.24, 2.45) is 0 Å². The predicted molar refractivity (Wildman–Crippen MR) is 12.4 cm³/mol. The van der Waals surface area contributed by atoms with Crippen LogP contribution in [0.5, 0.6) is 0 Å². The van der Waals surface area contributed by atoms with Gasteiger partial charge in [-0.05, 0) is 0 Å². The van der Waals surface area contributed by atoms with Crippen molar-refractivity contribution >= 4 is 0 Å². The van der Waals surface area contributed by atoms with Crippen molar-refractivity contribution in [1.82, 2.24) is 0 Å². The molecule has 0 aliphatic rings. The van der Waals surface area contributed by atoms with Crippen LogP contribution in [0.25, 0.3) is 0 Å². The van der Waals surface area contributed by atoms with Crippen molar-refractivity contribution in [3.05, 3.63) is 6.92 Å². The molecule has 2 heteroatoms. The fourth-order valence-electron chi connectivity index (χ4n) is 0. The summed E-state index contributed by atoms with van der Waals surface area (Å²) < 4.78 is 0. The zero-order chi connectivity index (χ0) is 2.71. The number of hydrogen-bond acceptors (Lipinski definition) is 1. The van der Waals surface area contributed by atoms with E-state index in [9.17, 15) is 0 Å². The monoisotopic (exact) mass is 130 g/mol. The molecule has 0 bridgehead atoms. The van der Waals surface area contributed by atoms with Crippen LogP contribution in [0.4, 0.5) is 0 Å². The molecule has 20 valence electrons. The Morgan fingerprint density at radius 3 is 1.75 bits per heavy atom. The number of rotatable bonds is 0. The Morgan fingerprint density at radius 2 is 1.75 bits per heavy atom. The first-order valence-corrected chi connectivity index (χ1v) is 0.816. The van der Waals surface area contributed by atoms with E-state index in [1.165, 1.54) is 0 Å². The average molecular weight is 131 g/mol. The van der Waals surface area contributed by atoms with Crippen LogP contribution in [0.15, 0.2) is 0 Å². The predicted octanol–water partition coefficient (Wildman–Crippen LogP) is -3.18. The molecule has 0 fully saturated rings. The van der Waals surface area contributed by atoms with Crippen LogP contribution in [0.1, 0.15) is 0 Å². The van der Waals surface area contributed by atoms with Gasteiger partial charge in [0.25, 0.3) is 0 Å². The summed E-state index contributed by atoms with van der Waals surface area (Å²) in [5.41, 5.74) is 0. The van der Waals surface area contributed by atoms with Crippen LogP contribution in [0.3, 0.4) is 0 Å². The van der Waals surface area contributed by atoms with Crippen molar-refractivity contribution in [3.63, 3.8) is 0 Å². The molecule has 0 aromatic carbocycles. The Labute approximate surface area is 75.2 Å². The molecule has 0 aliphatic carbocycles. The van der Waals surface area contributed by atoms with Gasteiger partial charge in [-0.3, -0.25) is 0 Å². The number of aliphatic hydroxyl groups is 1. The van der Waals surface area contributed by atoms with E-state index in [-0.39, 0.29) is 64.8 Å². The topological polar surface area (TPSA) is 20.2 Å². The Balaban J connectivity index is 0. The largest absolute Gasteiger partial charge is 1.00 e. The molecule has 4 heavy (non-hydrogen) atoms. The molecule has 0 unspecified atom stereocenters. The van der Waals surface area contributed by atoms with Crippen LogP contribution < -0.4 is 58.2 Å². The minimum absolute atomic E-state index is 0. The first-order chi connectivity index (χ1) is 1.41. The van der Waals surface area contributed by atoms with Gasteiger partial charge in [0.15, 0.2) is 0 Å². The zero-order valence-corrected chi connectivity index (χ0v) is 7.78. The van der Waals surface area contributed by atoms with E-state index in [0.717, 1.165) is 0 Å². The first kappa shape index (κ1) is 9.23. The van der Waals surface area contributed by atoms with Crippen LogP contribution in [0.2, 0.25) is 0 Å². The summed E-state index contributed by atoms with van der Waals surface area (Å²) in [6, 6.07) is 0. The average Bonchev–Trinajstić information content (AvgIpc) is 0.918. The molecule has 1 N–H and O–H groups in total. The van der Waals surface area contributed by atoms with Crippen LogP contribution in [0, 0.1) is 6.92 Å². The summed E-state index contributed by atoms with van der Waals surface area (Å²) in [4.78, 5) is 0. The van der Waals surface area contributed by atoms with Crippen LogP contribution in [-0.2, 0) is 0 Å². The number of aliphatic hydroxyl groups excluding tert-OH is 1. The van der Waals surface area contributed by atoms with Crippen molar-refractivity contribution in [1.29, 1.82) is 0 Å². The molecule has 0 aromatic rings. The molecule has 0 radical (unpaired) electrons. The Kier molecular flexibility index (Phi) is 20.4. The van der Waals surface area contributed by atoms with E-state index in [1.807, 2.05) is 0 Å². The molecule has 0 saturated heterocycles. The van der Waals surface area contributed by atoms with Gasteiger partial charge in [0.05, 0.1) is 0 Å². The molecule has 0 aliphatic heterocycles. The molecule has 0 atom stereocenters. The third kappa shape index (κ3) is 9.24. The van der Waals surface area contributed by atoms with Gasteiger partial charge in [-0.1, -0.05) is 6.61 Å². The molecule has 0 aromatic heterocycles. The van der Waals surface area contributed by atoms with Gasteiger partial charge in [-0.2, -0.15) is 0 Å². The molecule has 0 rings (SSSR count). The van der Waals surface area contributed by atoms with E-state index < -0.39 is 0 Å². The molecular weight excluding hydrogens is 125 g/mol. The van der Waals surface area contributed by atoms with E-state index >= 15 is 0 Å². The van der Waals surface area contributed by atoms with Crippen LogP contribution >= 0.6 is 0 Å². The minimum Gasteiger partial charge on any atom is -0.428 e. The smallest absolute Gasteiger partial charge is 0.428 e. The fraction of sp³-hybridized carbons (Fsp3) is 0.500. The van der Waals surface area contributed by atoms with Crippen LogP contribution in [-0.4, -0.2) is 11.7 Å². The third-order valence-corrected chi connectivity index (χ3v) is 0. The summed E-state index contributed by atoms with van der Waals surface area (Å²) >= 11 is 0. The molecule has 0 saturated carbocycles. The zero-order valence-electron chi connectivity index (χ0n) is 2.86. The van der Waals surface area contributed by atoms with Crippen molar-refractivity contribution in [3.8, 4) is 0 Å². The second kappa shape index (κ2) is 8.83. The van der Waals surface area contributed by atoms with Crippen molar-refractivity contribution < 1.29 is 63.3 Å². The van der Waals surface area contributed by atoms with Gasteiger partial charge in [-0.15, -0.1) is 0 Å². The maximum atomic E-state index is 7.46. The minimum atomic E-state index is 0. The summed E-state index contributed by atoms with van der Waals surface area (Å²) in [6.45, 7) is 3.04. The van der Waals surface area contributed by atoms with E-state index in [4.69, 9.17) is 5.11 Å². The summed E-state index contributed by atoms with van der Waals surface area (Å²) in [5.74, 6) is 0. The van der Waals surface area contributed by atoms with E-state index in [1.54, 1.807) is 0 Å². The van der Waals surface area contributed by atoms with Crippen molar-refractivity contribution in [2.45, 2.75) is 0 Å². The maximum Gasteiger partial charge on any atom is 1.00 e. The normalized spacial score (nSPS) is 4.50. The summed E-state index contributed by atoms with van der Waals surface area (Å²) in [6.07, 6.45) is 0. The molecular formula is C2H5ORb. The van der Waals surface area contributed by atoms with E-state index in [0.29, 0.717) is 0 Å². The maximum absolute atomic E-state index is 7.46. The quantitative estimate of drug-likeness (QED) is 0.343. The van der Waals surface area contributed by atoms with E-state index in [2.05, 4.69) is 6.92 Å². The van der Waals surface area contributed by atoms with Gasteiger partial charge in [0, 0.05) is 0 Å². The van der Waals surface area contributed by atoms with Gasteiger partial charge in [0.1, 0.15) is 0 Å². The standard InChI is InChI=1S/C2H5O.Rb/c1-2-3;/h3H,1-2H2;/q-1;+1. The van der Waals surface area contributed by atoms with Gasteiger partial charge >= 0.3 is 58.2 Å². The first-order valence-electron chi connectivity index (χ1n) is 0.816. The Bertz CT molecular complexity index is 6.00. The second-order valence-corrected chi connectivity index (χ2v) is 0.224. The second-order valence-electron chi connectivity index (χ2n) is 0.224. The van der Waals surface area contributed by atoms with Gasteiger partial charge in [-0.25, -0.2) is 0 Å². The third-order valence-electron chi connectivity index (χ3n) is 0. The Morgan fingerprint density at radius 1 is 1.75 bits per heavy atom.